The predicted octanol–water partition coefficient (Wildman–Crippen LogP) is 3.74. The van der Waals surface area contributed by atoms with Gasteiger partial charge in [-0.1, -0.05) is 36.4 Å². The lowest BCUT2D eigenvalue weighted by molar-refractivity contribution is 0.570. The summed E-state index contributed by atoms with van der Waals surface area (Å²) in [6, 6.07) is 19.2. The van der Waals surface area contributed by atoms with Gasteiger partial charge in [-0.05, 0) is 24.3 Å². The molecule has 0 saturated heterocycles. The van der Waals surface area contributed by atoms with Gasteiger partial charge < -0.3 is 4.42 Å². The van der Waals surface area contributed by atoms with Gasteiger partial charge in [0.15, 0.2) is 0 Å². The first-order chi connectivity index (χ1) is 8.83. The minimum absolute atomic E-state index is 0.415. The Morgan fingerprint density at radius 3 is 2.44 bits per heavy atom. The smallest absolute Gasteiger partial charge is 0.134 e. The number of fused-ring (bicyclic) bond motifs is 1. The van der Waals surface area contributed by atoms with Crippen LogP contribution in [0.5, 0.6) is 0 Å². The first kappa shape index (κ1) is 11.2. The SMILES string of the molecule is O=S(Cc1cc2ccccc2o1)c1ccccc1. The van der Waals surface area contributed by atoms with E-state index >= 15 is 0 Å². The molecule has 1 unspecified atom stereocenters. The van der Waals surface area contributed by atoms with E-state index in [4.69, 9.17) is 4.42 Å². The molecule has 90 valence electrons. The van der Waals surface area contributed by atoms with Crippen molar-refractivity contribution in [2.24, 2.45) is 0 Å². The molecule has 0 saturated carbocycles. The molecule has 0 aliphatic carbocycles. The molecule has 3 rings (SSSR count). The second kappa shape index (κ2) is 4.78. The predicted molar refractivity (Wildman–Crippen MR) is 72.8 cm³/mol. The first-order valence-corrected chi connectivity index (χ1v) is 7.06. The Labute approximate surface area is 108 Å². The van der Waals surface area contributed by atoms with Gasteiger partial charge in [0.2, 0.25) is 0 Å². The maximum atomic E-state index is 12.1. The van der Waals surface area contributed by atoms with E-state index in [1.54, 1.807) is 0 Å². The minimum atomic E-state index is -1.05. The zero-order valence-corrected chi connectivity index (χ0v) is 10.5. The largest absolute Gasteiger partial charge is 0.460 e. The van der Waals surface area contributed by atoms with Crippen molar-refractivity contribution >= 4 is 21.8 Å². The highest BCUT2D eigenvalue weighted by molar-refractivity contribution is 7.84. The Morgan fingerprint density at radius 2 is 1.67 bits per heavy atom. The van der Waals surface area contributed by atoms with E-state index in [1.165, 1.54) is 0 Å². The van der Waals surface area contributed by atoms with Gasteiger partial charge in [-0.2, -0.15) is 0 Å². The summed E-state index contributed by atoms with van der Waals surface area (Å²) in [7, 11) is -1.05. The topological polar surface area (TPSA) is 30.2 Å². The van der Waals surface area contributed by atoms with E-state index in [1.807, 2.05) is 60.7 Å². The first-order valence-electron chi connectivity index (χ1n) is 5.74. The highest BCUT2D eigenvalue weighted by Crippen LogP contribution is 2.21. The Bertz CT molecular complexity index is 653. The van der Waals surface area contributed by atoms with Gasteiger partial charge in [-0.15, -0.1) is 0 Å². The van der Waals surface area contributed by atoms with Crippen LogP contribution in [0.3, 0.4) is 0 Å². The van der Waals surface area contributed by atoms with Crippen molar-refractivity contribution in [2.75, 3.05) is 0 Å². The molecule has 0 radical (unpaired) electrons. The molecule has 0 fully saturated rings. The Balaban J connectivity index is 1.86. The summed E-state index contributed by atoms with van der Waals surface area (Å²) in [6.45, 7) is 0. The van der Waals surface area contributed by atoms with E-state index < -0.39 is 10.8 Å². The van der Waals surface area contributed by atoms with Crippen molar-refractivity contribution in [3.8, 4) is 0 Å². The third-order valence-electron chi connectivity index (χ3n) is 2.76. The maximum Gasteiger partial charge on any atom is 0.134 e. The maximum absolute atomic E-state index is 12.1. The van der Waals surface area contributed by atoms with Crippen LogP contribution in [0.1, 0.15) is 5.76 Å². The van der Waals surface area contributed by atoms with Gasteiger partial charge in [0, 0.05) is 10.3 Å². The molecule has 2 nitrogen and oxygen atoms in total. The van der Waals surface area contributed by atoms with Crippen molar-refractivity contribution in [2.45, 2.75) is 10.6 Å². The van der Waals surface area contributed by atoms with E-state index in [0.717, 1.165) is 21.6 Å². The van der Waals surface area contributed by atoms with Gasteiger partial charge in [0.05, 0.1) is 16.6 Å². The fourth-order valence-electron chi connectivity index (χ4n) is 1.89. The fraction of sp³-hybridized carbons (Fsp3) is 0.0667. The van der Waals surface area contributed by atoms with Gasteiger partial charge >= 0.3 is 0 Å². The average molecular weight is 256 g/mol. The van der Waals surface area contributed by atoms with Crippen LogP contribution in [0, 0.1) is 0 Å². The summed E-state index contributed by atoms with van der Waals surface area (Å²) in [5.41, 5.74) is 0.845. The summed E-state index contributed by atoms with van der Waals surface area (Å²) < 4.78 is 17.8. The molecule has 3 aromatic rings. The highest BCUT2D eigenvalue weighted by Gasteiger charge is 2.09. The zero-order valence-electron chi connectivity index (χ0n) is 9.71. The summed E-state index contributed by atoms with van der Waals surface area (Å²) in [6.07, 6.45) is 0. The molecule has 18 heavy (non-hydrogen) atoms. The van der Waals surface area contributed by atoms with Gasteiger partial charge in [-0.3, -0.25) is 4.21 Å². The molecule has 2 aromatic carbocycles. The third-order valence-corrected chi connectivity index (χ3v) is 4.10. The third kappa shape index (κ3) is 2.22. The normalized spacial score (nSPS) is 12.7. The molecule has 0 bridgehead atoms. The molecular weight excluding hydrogens is 244 g/mol. The number of rotatable bonds is 3. The van der Waals surface area contributed by atoms with E-state index in [0.29, 0.717) is 5.75 Å². The van der Waals surface area contributed by atoms with Crippen molar-refractivity contribution in [3.63, 3.8) is 0 Å². The number of hydrogen-bond acceptors (Lipinski definition) is 2. The van der Waals surface area contributed by atoms with Crippen LogP contribution in [-0.2, 0) is 16.6 Å². The molecule has 1 heterocycles. The van der Waals surface area contributed by atoms with Crippen molar-refractivity contribution < 1.29 is 8.63 Å². The molecule has 0 spiro atoms. The van der Waals surface area contributed by atoms with Crippen LogP contribution in [0.2, 0.25) is 0 Å². The molecule has 1 atom stereocenters. The van der Waals surface area contributed by atoms with Crippen LogP contribution in [0.15, 0.2) is 70.0 Å². The fourth-order valence-corrected chi connectivity index (χ4v) is 2.92. The number of benzene rings is 2. The molecular formula is C15H12O2S. The summed E-state index contributed by atoms with van der Waals surface area (Å²) >= 11 is 0. The highest BCUT2D eigenvalue weighted by atomic mass is 32.2. The molecule has 0 N–H and O–H groups in total. The Morgan fingerprint density at radius 1 is 0.944 bits per heavy atom. The summed E-state index contributed by atoms with van der Waals surface area (Å²) in [5.74, 6) is 1.18. The lowest BCUT2D eigenvalue weighted by Gasteiger charge is -1.98. The second-order valence-corrected chi connectivity index (χ2v) is 5.50. The summed E-state index contributed by atoms with van der Waals surface area (Å²) in [4.78, 5) is 0.831. The lowest BCUT2D eigenvalue weighted by Crippen LogP contribution is -1.94. The monoisotopic (exact) mass is 256 g/mol. The van der Waals surface area contributed by atoms with Gasteiger partial charge in [-0.25, -0.2) is 0 Å². The number of furan rings is 1. The standard InChI is InChI=1S/C15H12O2S/c16-18(14-7-2-1-3-8-14)11-13-10-12-6-4-5-9-15(12)17-13/h1-10H,11H2. The van der Waals surface area contributed by atoms with Gasteiger partial charge in [0.25, 0.3) is 0 Å². The molecule has 0 amide bonds. The van der Waals surface area contributed by atoms with Crippen molar-refractivity contribution in [1.82, 2.24) is 0 Å². The quantitative estimate of drug-likeness (QED) is 0.714. The Kier molecular flexibility index (Phi) is 2.99. The summed E-state index contributed by atoms with van der Waals surface area (Å²) in [5, 5.41) is 1.05. The van der Waals surface area contributed by atoms with E-state index in [9.17, 15) is 4.21 Å². The molecule has 1 aromatic heterocycles. The minimum Gasteiger partial charge on any atom is -0.460 e. The number of hydrogen-bond donors (Lipinski definition) is 0. The second-order valence-electron chi connectivity index (χ2n) is 4.05. The lowest BCUT2D eigenvalue weighted by atomic mass is 10.2. The number of para-hydroxylation sites is 1. The van der Waals surface area contributed by atoms with Crippen LogP contribution in [0.4, 0.5) is 0 Å². The van der Waals surface area contributed by atoms with Crippen LogP contribution in [0.25, 0.3) is 11.0 Å². The van der Waals surface area contributed by atoms with Crippen LogP contribution >= 0.6 is 0 Å². The van der Waals surface area contributed by atoms with Crippen molar-refractivity contribution in [1.29, 1.82) is 0 Å². The average Bonchev–Trinajstić information content (AvgIpc) is 2.82. The van der Waals surface area contributed by atoms with Crippen LogP contribution in [-0.4, -0.2) is 4.21 Å². The van der Waals surface area contributed by atoms with Crippen molar-refractivity contribution in [3.05, 3.63) is 66.4 Å². The zero-order chi connectivity index (χ0) is 12.4. The van der Waals surface area contributed by atoms with E-state index in [2.05, 4.69) is 0 Å². The van der Waals surface area contributed by atoms with E-state index in [-0.39, 0.29) is 0 Å². The van der Waals surface area contributed by atoms with Crippen LogP contribution < -0.4 is 0 Å². The van der Waals surface area contributed by atoms with Gasteiger partial charge in [0.1, 0.15) is 11.3 Å². The molecule has 0 aliphatic heterocycles. The molecule has 0 aliphatic rings. The Hall–Kier alpha value is -1.87. The molecule has 3 heteroatoms.